The molecule has 0 bridgehead atoms. The first kappa shape index (κ1) is 12.7. The number of aromatic hydroxyl groups is 1. The second-order valence-electron chi connectivity index (χ2n) is 4.16. The number of aromatic nitrogens is 3. The Balaban J connectivity index is 2.11. The summed E-state index contributed by atoms with van der Waals surface area (Å²) in [7, 11) is 0. The minimum Gasteiger partial charge on any atom is -0.493 e. The number of hydrogen-bond donors (Lipinski definition) is 3. The maximum atomic E-state index is 11.5. The van der Waals surface area contributed by atoms with E-state index in [9.17, 15) is 14.7 Å². The Labute approximate surface area is 116 Å². The third kappa shape index (κ3) is 2.41. The zero-order valence-electron chi connectivity index (χ0n) is 10.6. The molecule has 0 spiro atoms. The van der Waals surface area contributed by atoms with Crippen LogP contribution in [0.15, 0.2) is 56.3 Å². The quantitative estimate of drug-likeness (QED) is 0.619. The molecule has 0 fully saturated rings. The number of H-pyrrole nitrogens is 2. The van der Waals surface area contributed by atoms with Crippen LogP contribution >= 0.6 is 0 Å². The van der Waals surface area contributed by atoms with Crippen molar-refractivity contribution in [2.45, 2.75) is 0 Å². The van der Waals surface area contributed by atoms with E-state index < -0.39 is 17.1 Å². The number of benzene rings is 1. The molecule has 0 saturated heterocycles. The SMILES string of the molecule is O=c1[nH]c(O)c(N=Nc2cccc3cccnc23)c(=O)[nH]1. The number of nitrogens with zero attached hydrogens (tertiary/aromatic N) is 3. The topological polar surface area (TPSA) is 124 Å². The molecule has 3 N–H and O–H groups in total. The highest BCUT2D eigenvalue weighted by Crippen LogP contribution is 2.26. The van der Waals surface area contributed by atoms with Crippen LogP contribution in [-0.4, -0.2) is 20.1 Å². The van der Waals surface area contributed by atoms with Gasteiger partial charge in [-0.15, -0.1) is 10.2 Å². The lowest BCUT2D eigenvalue weighted by Crippen LogP contribution is -2.20. The second kappa shape index (κ2) is 5.00. The first-order chi connectivity index (χ1) is 10.1. The van der Waals surface area contributed by atoms with E-state index in [2.05, 4.69) is 15.2 Å². The van der Waals surface area contributed by atoms with Gasteiger partial charge in [-0.2, -0.15) is 0 Å². The maximum Gasteiger partial charge on any atom is 0.328 e. The van der Waals surface area contributed by atoms with Gasteiger partial charge in [-0.1, -0.05) is 18.2 Å². The largest absolute Gasteiger partial charge is 0.493 e. The van der Waals surface area contributed by atoms with Crippen molar-refractivity contribution < 1.29 is 5.11 Å². The number of hydrogen-bond acceptors (Lipinski definition) is 6. The number of nitrogens with one attached hydrogen (secondary N) is 2. The zero-order chi connectivity index (χ0) is 14.8. The molecule has 8 heteroatoms. The third-order valence-electron chi connectivity index (χ3n) is 2.77. The summed E-state index contributed by atoms with van der Waals surface area (Å²) in [6, 6.07) is 8.98. The van der Waals surface area contributed by atoms with E-state index in [-0.39, 0.29) is 5.69 Å². The fourth-order valence-electron chi connectivity index (χ4n) is 1.83. The number of pyridine rings is 1. The summed E-state index contributed by atoms with van der Waals surface area (Å²) in [4.78, 5) is 30.7. The van der Waals surface area contributed by atoms with Crippen LogP contribution in [0, 0.1) is 0 Å². The molecule has 3 rings (SSSR count). The first-order valence-electron chi connectivity index (χ1n) is 5.96. The van der Waals surface area contributed by atoms with Crippen LogP contribution in [0.4, 0.5) is 11.4 Å². The standard InChI is InChI=1S/C13H9N5O3/c19-11-10(12(20)16-13(21)15-11)18-17-8-5-1-3-7-4-2-6-14-9(7)8/h1-6H,(H3,15,16,19,20,21). The van der Waals surface area contributed by atoms with Gasteiger partial charge in [0.25, 0.3) is 5.56 Å². The molecule has 0 aliphatic heterocycles. The number of para-hydroxylation sites is 1. The fraction of sp³-hybridized carbons (Fsp3) is 0. The normalized spacial score (nSPS) is 11.2. The van der Waals surface area contributed by atoms with E-state index >= 15 is 0 Å². The van der Waals surface area contributed by atoms with Gasteiger partial charge < -0.3 is 5.11 Å². The van der Waals surface area contributed by atoms with Gasteiger partial charge in [-0.05, 0) is 12.1 Å². The number of rotatable bonds is 2. The zero-order valence-corrected chi connectivity index (χ0v) is 10.6. The van der Waals surface area contributed by atoms with Gasteiger partial charge >= 0.3 is 5.69 Å². The van der Waals surface area contributed by atoms with Crippen LogP contribution in [0.3, 0.4) is 0 Å². The van der Waals surface area contributed by atoms with Crippen molar-refractivity contribution in [3.05, 3.63) is 57.4 Å². The van der Waals surface area contributed by atoms with Crippen LogP contribution in [0.25, 0.3) is 10.9 Å². The van der Waals surface area contributed by atoms with Gasteiger partial charge in [0.05, 0.1) is 5.52 Å². The summed E-state index contributed by atoms with van der Waals surface area (Å²) < 4.78 is 0. The Bertz CT molecular complexity index is 952. The van der Waals surface area contributed by atoms with Crippen molar-refractivity contribution in [2.75, 3.05) is 0 Å². The first-order valence-corrected chi connectivity index (χ1v) is 5.96. The molecule has 8 nitrogen and oxygen atoms in total. The van der Waals surface area contributed by atoms with E-state index in [1.807, 2.05) is 22.1 Å². The van der Waals surface area contributed by atoms with Crippen molar-refractivity contribution in [1.82, 2.24) is 15.0 Å². The third-order valence-corrected chi connectivity index (χ3v) is 2.77. The highest BCUT2D eigenvalue weighted by atomic mass is 16.3. The Hall–Kier alpha value is -3.29. The monoisotopic (exact) mass is 283 g/mol. The second-order valence-corrected chi connectivity index (χ2v) is 4.16. The molecular formula is C13H9N5O3. The van der Waals surface area contributed by atoms with Crippen molar-refractivity contribution >= 4 is 22.3 Å². The molecule has 0 saturated carbocycles. The molecule has 104 valence electrons. The smallest absolute Gasteiger partial charge is 0.328 e. The summed E-state index contributed by atoms with van der Waals surface area (Å²) in [5, 5.41) is 18.0. The molecule has 0 atom stereocenters. The van der Waals surface area contributed by atoms with Crippen molar-refractivity contribution in [3.63, 3.8) is 0 Å². The van der Waals surface area contributed by atoms with E-state index in [0.717, 1.165) is 5.39 Å². The van der Waals surface area contributed by atoms with Crippen LogP contribution in [0.2, 0.25) is 0 Å². The highest BCUT2D eigenvalue weighted by Gasteiger charge is 2.08. The number of azo groups is 1. The molecule has 21 heavy (non-hydrogen) atoms. The molecule has 0 radical (unpaired) electrons. The lowest BCUT2D eigenvalue weighted by molar-refractivity contribution is 0.450. The van der Waals surface area contributed by atoms with Gasteiger partial charge in [-0.25, -0.2) is 4.79 Å². The van der Waals surface area contributed by atoms with E-state index in [1.165, 1.54) is 0 Å². The van der Waals surface area contributed by atoms with Gasteiger partial charge in [0.1, 0.15) is 5.69 Å². The summed E-state index contributed by atoms with van der Waals surface area (Å²) >= 11 is 0. The molecular weight excluding hydrogens is 274 g/mol. The van der Waals surface area contributed by atoms with Gasteiger partial charge in [0, 0.05) is 11.6 Å². The molecule has 2 heterocycles. The van der Waals surface area contributed by atoms with Gasteiger partial charge in [0.15, 0.2) is 0 Å². The van der Waals surface area contributed by atoms with Crippen molar-refractivity contribution in [3.8, 4) is 5.88 Å². The number of fused-ring (bicyclic) bond motifs is 1. The highest BCUT2D eigenvalue weighted by molar-refractivity contribution is 5.88. The van der Waals surface area contributed by atoms with Crippen molar-refractivity contribution in [1.29, 1.82) is 0 Å². The molecule has 0 unspecified atom stereocenters. The lowest BCUT2D eigenvalue weighted by Gasteiger charge is -1.99. The minimum absolute atomic E-state index is 0.373. The van der Waals surface area contributed by atoms with E-state index in [1.54, 1.807) is 24.4 Å². The summed E-state index contributed by atoms with van der Waals surface area (Å²) in [6.07, 6.45) is 1.62. The van der Waals surface area contributed by atoms with Crippen LogP contribution in [0.5, 0.6) is 5.88 Å². The average molecular weight is 283 g/mol. The molecule has 2 aromatic heterocycles. The summed E-state index contributed by atoms with van der Waals surface area (Å²) in [6.45, 7) is 0. The van der Waals surface area contributed by atoms with E-state index in [0.29, 0.717) is 11.2 Å². The molecule has 3 aromatic rings. The van der Waals surface area contributed by atoms with Crippen molar-refractivity contribution in [2.24, 2.45) is 10.2 Å². The van der Waals surface area contributed by atoms with E-state index in [4.69, 9.17) is 0 Å². The van der Waals surface area contributed by atoms with Gasteiger partial charge in [0.2, 0.25) is 11.6 Å². The Morgan fingerprint density at radius 1 is 1.05 bits per heavy atom. The average Bonchev–Trinajstić information content (AvgIpc) is 2.46. The van der Waals surface area contributed by atoms with Crippen LogP contribution in [-0.2, 0) is 0 Å². The Morgan fingerprint density at radius 3 is 2.67 bits per heavy atom. The predicted molar refractivity (Wildman–Crippen MR) is 75.3 cm³/mol. The molecule has 0 aliphatic rings. The minimum atomic E-state index is -0.826. The summed E-state index contributed by atoms with van der Waals surface area (Å²) in [5.74, 6) is -0.638. The predicted octanol–water partition coefficient (Wildman–Crippen LogP) is 1.73. The fourth-order valence-corrected chi connectivity index (χ4v) is 1.83. The maximum absolute atomic E-state index is 11.5. The molecule has 1 aromatic carbocycles. The Morgan fingerprint density at radius 2 is 1.86 bits per heavy atom. The Kier molecular flexibility index (Phi) is 3.03. The van der Waals surface area contributed by atoms with Crippen LogP contribution < -0.4 is 11.2 Å². The molecule has 0 amide bonds. The molecule has 0 aliphatic carbocycles. The lowest BCUT2D eigenvalue weighted by atomic mass is 10.2. The van der Waals surface area contributed by atoms with Crippen LogP contribution in [0.1, 0.15) is 0 Å². The van der Waals surface area contributed by atoms with Gasteiger partial charge in [-0.3, -0.25) is 19.7 Å². The number of aromatic amines is 2. The summed E-state index contributed by atoms with van der Waals surface area (Å²) in [5.41, 5.74) is -0.957.